The molecular weight excluding hydrogens is 399 g/mol. The Kier molecular flexibility index (Phi) is 6.23. The lowest BCUT2D eigenvalue weighted by Gasteiger charge is -2.27. The molecule has 1 saturated heterocycles. The molecule has 1 aliphatic heterocycles. The molecule has 3 N–H and O–H groups in total. The normalized spacial score (nSPS) is 13.5. The zero-order chi connectivity index (χ0) is 21.6. The number of aromatic nitrogens is 2. The Bertz CT molecular complexity index is 1050. The number of nitrogens with one attached hydrogen (secondary N) is 3. The zero-order valence-electron chi connectivity index (χ0n) is 17.1. The third-order valence-corrected chi connectivity index (χ3v) is 4.63. The van der Waals surface area contributed by atoms with Gasteiger partial charge in [0.25, 0.3) is 0 Å². The van der Waals surface area contributed by atoms with Crippen molar-refractivity contribution in [3.8, 4) is 0 Å². The second-order valence-electron chi connectivity index (χ2n) is 7.09. The standard InChI is InChI=1S/C22H23FN6O2/c1-15-13-20(28-21(24-15)29-9-11-31-12-10-29)25-17-5-7-18(8-6-17)26-22(30)27-19-4-2-3-16(23)14-19/h2-8,13-14H,9-12H2,1H3,(H,24,25,28)(H2,26,27,30). The number of amides is 2. The van der Waals surface area contributed by atoms with E-state index in [4.69, 9.17) is 4.74 Å². The first kappa shape index (κ1) is 20.5. The van der Waals surface area contributed by atoms with Crippen molar-refractivity contribution < 1.29 is 13.9 Å². The molecule has 160 valence electrons. The van der Waals surface area contributed by atoms with Gasteiger partial charge in [-0.1, -0.05) is 6.07 Å². The van der Waals surface area contributed by atoms with Gasteiger partial charge in [0.05, 0.1) is 13.2 Å². The fourth-order valence-electron chi connectivity index (χ4n) is 3.17. The lowest BCUT2D eigenvalue weighted by molar-refractivity contribution is 0.122. The van der Waals surface area contributed by atoms with Gasteiger partial charge in [-0.05, 0) is 49.4 Å². The SMILES string of the molecule is Cc1cc(Nc2ccc(NC(=O)Nc3cccc(F)c3)cc2)nc(N2CCOCC2)n1. The molecule has 4 rings (SSSR count). The van der Waals surface area contributed by atoms with E-state index in [0.29, 0.717) is 36.4 Å². The molecule has 0 atom stereocenters. The maximum atomic E-state index is 13.2. The molecule has 8 nitrogen and oxygen atoms in total. The van der Waals surface area contributed by atoms with Crippen LogP contribution in [0.4, 0.5) is 38.0 Å². The van der Waals surface area contributed by atoms with Crippen LogP contribution in [-0.4, -0.2) is 42.3 Å². The Morgan fingerprint density at radius 2 is 1.68 bits per heavy atom. The molecule has 0 radical (unpaired) electrons. The van der Waals surface area contributed by atoms with E-state index in [9.17, 15) is 9.18 Å². The van der Waals surface area contributed by atoms with Crippen LogP contribution in [0.2, 0.25) is 0 Å². The van der Waals surface area contributed by atoms with Gasteiger partial charge in [-0.25, -0.2) is 14.2 Å². The fraction of sp³-hybridized carbons (Fsp3) is 0.227. The zero-order valence-corrected chi connectivity index (χ0v) is 17.1. The fourth-order valence-corrected chi connectivity index (χ4v) is 3.17. The Balaban J connectivity index is 1.38. The quantitative estimate of drug-likeness (QED) is 0.572. The van der Waals surface area contributed by atoms with E-state index < -0.39 is 11.8 Å². The Labute approximate surface area is 179 Å². The molecule has 1 fully saturated rings. The van der Waals surface area contributed by atoms with E-state index in [1.165, 1.54) is 18.2 Å². The van der Waals surface area contributed by atoms with Crippen molar-refractivity contribution in [2.24, 2.45) is 0 Å². The van der Waals surface area contributed by atoms with Crippen molar-refractivity contribution in [1.82, 2.24) is 9.97 Å². The van der Waals surface area contributed by atoms with Crippen LogP contribution in [-0.2, 0) is 4.74 Å². The van der Waals surface area contributed by atoms with Crippen LogP contribution in [0.1, 0.15) is 5.69 Å². The lowest BCUT2D eigenvalue weighted by atomic mass is 10.2. The Morgan fingerprint density at radius 3 is 2.42 bits per heavy atom. The highest BCUT2D eigenvalue weighted by Crippen LogP contribution is 2.21. The van der Waals surface area contributed by atoms with Gasteiger partial charge in [-0.2, -0.15) is 4.98 Å². The number of hydrogen-bond donors (Lipinski definition) is 3. The summed E-state index contributed by atoms with van der Waals surface area (Å²) in [6.45, 7) is 4.80. The minimum absolute atomic E-state index is 0.381. The highest BCUT2D eigenvalue weighted by molar-refractivity contribution is 5.99. The summed E-state index contributed by atoms with van der Waals surface area (Å²) in [4.78, 5) is 23.3. The molecular formula is C22H23FN6O2. The number of halogens is 1. The maximum absolute atomic E-state index is 13.2. The van der Waals surface area contributed by atoms with Crippen LogP contribution in [0.3, 0.4) is 0 Å². The summed E-state index contributed by atoms with van der Waals surface area (Å²) in [5.41, 5.74) is 2.67. The van der Waals surface area contributed by atoms with Gasteiger partial charge in [0.15, 0.2) is 0 Å². The number of nitrogens with zero attached hydrogens (tertiary/aromatic N) is 3. The number of ether oxygens (including phenoxy) is 1. The van der Waals surface area contributed by atoms with Gasteiger partial charge < -0.3 is 25.6 Å². The molecule has 0 bridgehead atoms. The topological polar surface area (TPSA) is 91.4 Å². The van der Waals surface area contributed by atoms with Gasteiger partial charge in [0.2, 0.25) is 5.95 Å². The molecule has 0 spiro atoms. The van der Waals surface area contributed by atoms with Crippen molar-refractivity contribution in [1.29, 1.82) is 0 Å². The minimum atomic E-state index is -0.451. The van der Waals surface area contributed by atoms with Gasteiger partial charge in [0, 0.05) is 41.9 Å². The average Bonchev–Trinajstić information content (AvgIpc) is 2.75. The number of hydrogen-bond acceptors (Lipinski definition) is 6. The van der Waals surface area contributed by atoms with Gasteiger partial charge in [-0.3, -0.25) is 0 Å². The predicted molar refractivity (Wildman–Crippen MR) is 119 cm³/mol. The first-order valence-corrected chi connectivity index (χ1v) is 9.94. The molecule has 0 aliphatic carbocycles. The Morgan fingerprint density at radius 1 is 0.968 bits per heavy atom. The minimum Gasteiger partial charge on any atom is -0.378 e. The molecule has 31 heavy (non-hydrogen) atoms. The highest BCUT2D eigenvalue weighted by atomic mass is 19.1. The van der Waals surface area contributed by atoms with Crippen molar-refractivity contribution >= 4 is 34.9 Å². The summed E-state index contributed by atoms with van der Waals surface area (Å²) in [5.74, 6) is 0.960. The summed E-state index contributed by atoms with van der Waals surface area (Å²) in [5, 5.41) is 8.58. The van der Waals surface area contributed by atoms with Crippen molar-refractivity contribution in [2.75, 3.05) is 47.2 Å². The molecule has 2 amide bonds. The summed E-state index contributed by atoms with van der Waals surface area (Å²) < 4.78 is 18.6. The van der Waals surface area contributed by atoms with Crippen molar-refractivity contribution in [3.05, 3.63) is 66.1 Å². The molecule has 1 aromatic heterocycles. The van der Waals surface area contributed by atoms with Crippen LogP contribution >= 0.6 is 0 Å². The number of carbonyl (C=O) groups is 1. The van der Waals surface area contributed by atoms with Crippen LogP contribution < -0.4 is 20.9 Å². The largest absolute Gasteiger partial charge is 0.378 e. The van der Waals surface area contributed by atoms with E-state index in [0.717, 1.165) is 24.5 Å². The third-order valence-electron chi connectivity index (χ3n) is 4.63. The summed E-state index contributed by atoms with van der Waals surface area (Å²) in [6.07, 6.45) is 0. The van der Waals surface area contributed by atoms with Gasteiger partial charge in [0.1, 0.15) is 11.6 Å². The molecule has 1 aliphatic rings. The number of rotatable bonds is 5. The third kappa shape index (κ3) is 5.67. The molecule has 9 heteroatoms. The van der Waals surface area contributed by atoms with E-state index in [-0.39, 0.29) is 0 Å². The smallest absolute Gasteiger partial charge is 0.323 e. The predicted octanol–water partition coefficient (Wildman–Crippen LogP) is 4.15. The molecule has 0 saturated carbocycles. The number of aryl methyl sites for hydroxylation is 1. The first-order valence-electron chi connectivity index (χ1n) is 9.94. The molecule has 2 heterocycles. The van der Waals surface area contributed by atoms with Crippen LogP contribution in [0.15, 0.2) is 54.6 Å². The number of anilines is 5. The van der Waals surface area contributed by atoms with E-state index in [1.807, 2.05) is 25.1 Å². The van der Waals surface area contributed by atoms with E-state index in [1.54, 1.807) is 18.2 Å². The average molecular weight is 422 g/mol. The number of carbonyl (C=O) groups excluding carboxylic acids is 1. The van der Waals surface area contributed by atoms with E-state index in [2.05, 4.69) is 30.8 Å². The van der Waals surface area contributed by atoms with Gasteiger partial charge >= 0.3 is 6.03 Å². The Hall–Kier alpha value is -3.72. The summed E-state index contributed by atoms with van der Waals surface area (Å²) >= 11 is 0. The lowest BCUT2D eigenvalue weighted by Crippen LogP contribution is -2.37. The number of urea groups is 1. The summed E-state index contributed by atoms with van der Waals surface area (Å²) in [7, 11) is 0. The molecule has 3 aromatic rings. The first-order chi connectivity index (χ1) is 15.0. The van der Waals surface area contributed by atoms with Gasteiger partial charge in [-0.15, -0.1) is 0 Å². The number of morpholine rings is 1. The second kappa shape index (κ2) is 9.40. The van der Waals surface area contributed by atoms with Crippen molar-refractivity contribution in [3.63, 3.8) is 0 Å². The van der Waals surface area contributed by atoms with Crippen LogP contribution in [0, 0.1) is 12.7 Å². The van der Waals surface area contributed by atoms with Crippen molar-refractivity contribution in [2.45, 2.75) is 6.92 Å². The highest BCUT2D eigenvalue weighted by Gasteiger charge is 2.15. The summed E-state index contributed by atoms with van der Waals surface area (Å²) in [6, 6.07) is 14.4. The van der Waals surface area contributed by atoms with Crippen LogP contribution in [0.25, 0.3) is 0 Å². The van der Waals surface area contributed by atoms with E-state index >= 15 is 0 Å². The second-order valence-corrected chi connectivity index (χ2v) is 7.09. The molecule has 2 aromatic carbocycles. The monoisotopic (exact) mass is 422 g/mol. The maximum Gasteiger partial charge on any atom is 0.323 e. The van der Waals surface area contributed by atoms with Crippen LogP contribution in [0.5, 0.6) is 0 Å². The molecule has 0 unspecified atom stereocenters. The number of benzene rings is 2.